The van der Waals surface area contributed by atoms with Gasteiger partial charge in [-0.05, 0) is 40.7 Å². The summed E-state index contributed by atoms with van der Waals surface area (Å²) in [5, 5.41) is 3.92. The minimum atomic E-state index is -0.916. The summed E-state index contributed by atoms with van der Waals surface area (Å²) >= 11 is 4.84. The minimum Gasteiger partial charge on any atom is -0.368 e. The van der Waals surface area contributed by atoms with Gasteiger partial charge in [0.25, 0.3) is 0 Å². The van der Waals surface area contributed by atoms with Crippen LogP contribution in [0.1, 0.15) is 5.56 Å². The van der Waals surface area contributed by atoms with Crippen LogP contribution in [0.15, 0.2) is 58.2 Å². The molecular formula is C15H16BrN3OS. The Balaban J connectivity index is 2.25. The summed E-state index contributed by atoms with van der Waals surface area (Å²) < 4.78 is 0.921. The van der Waals surface area contributed by atoms with Crippen LogP contribution in [0.25, 0.3) is 0 Å². The molecule has 1 atom stereocenters. The molecular weight excluding hydrogens is 350 g/mol. The molecule has 3 N–H and O–H groups in total. The van der Waals surface area contributed by atoms with E-state index in [0.717, 1.165) is 15.1 Å². The molecule has 2 aromatic rings. The number of benzene rings is 1. The molecule has 0 spiro atoms. The van der Waals surface area contributed by atoms with E-state index in [-0.39, 0.29) is 0 Å². The van der Waals surface area contributed by atoms with Crippen molar-refractivity contribution in [1.29, 1.82) is 0 Å². The molecule has 1 aromatic carbocycles. The number of thioether (sulfide) groups is 1. The molecule has 1 amide bonds. The van der Waals surface area contributed by atoms with E-state index in [2.05, 4.69) is 26.2 Å². The lowest BCUT2D eigenvalue weighted by Crippen LogP contribution is -2.53. The predicted octanol–water partition coefficient (Wildman–Crippen LogP) is 2.54. The van der Waals surface area contributed by atoms with Crippen LogP contribution in [-0.2, 0) is 10.3 Å². The lowest BCUT2D eigenvalue weighted by Gasteiger charge is -2.30. The van der Waals surface area contributed by atoms with Gasteiger partial charge in [0, 0.05) is 16.4 Å². The maximum absolute atomic E-state index is 12.0. The molecule has 0 fully saturated rings. The number of nitrogens with two attached hydrogens (primary N) is 1. The van der Waals surface area contributed by atoms with Crippen LogP contribution in [0.2, 0.25) is 0 Å². The number of rotatable bonds is 6. The highest BCUT2D eigenvalue weighted by atomic mass is 79.9. The highest BCUT2D eigenvalue weighted by Gasteiger charge is 2.37. The van der Waals surface area contributed by atoms with E-state index < -0.39 is 11.4 Å². The number of aromatic nitrogens is 1. The summed E-state index contributed by atoms with van der Waals surface area (Å²) in [6, 6.07) is 13.3. The van der Waals surface area contributed by atoms with Gasteiger partial charge in [0.15, 0.2) is 0 Å². The van der Waals surface area contributed by atoms with Crippen molar-refractivity contribution in [3.05, 3.63) is 58.7 Å². The van der Waals surface area contributed by atoms with Crippen LogP contribution in [0, 0.1) is 0 Å². The molecule has 1 aromatic heterocycles. The fraction of sp³-hybridized carbons (Fsp3) is 0.200. The fourth-order valence-electron chi connectivity index (χ4n) is 1.99. The third-order valence-corrected chi connectivity index (χ3v) is 4.83. The van der Waals surface area contributed by atoms with E-state index in [9.17, 15) is 4.79 Å². The zero-order valence-electron chi connectivity index (χ0n) is 11.5. The fourth-order valence-corrected chi connectivity index (χ4v) is 3.33. The van der Waals surface area contributed by atoms with Gasteiger partial charge >= 0.3 is 0 Å². The Morgan fingerprint density at radius 3 is 2.57 bits per heavy atom. The maximum Gasteiger partial charge on any atom is 0.243 e. The van der Waals surface area contributed by atoms with Crippen molar-refractivity contribution in [2.75, 3.05) is 12.8 Å². The topological polar surface area (TPSA) is 68.0 Å². The first kappa shape index (κ1) is 16.0. The average molecular weight is 366 g/mol. The van der Waals surface area contributed by atoms with Crippen LogP contribution in [0.4, 0.5) is 0 Å². The number of amides is 1. The van der Waals surface area contributed by atoms with Crippen molar-refractivity contribution in [3.63, 3.8) is 0 Å². The number of nitrogens with one attached hydrogen (secondary N) is 1. The van der Waals surface area contributed by atoms with E-state index in [1.165, 1.54) is 11.8 Å². The standard InChI is InChI=1S/C15H16BrN3OS/c1-18-15(14(17)20,11-5-3-2-4-6-11)10-21-13-8-7-12(16)9-19-13/h2-9,18H,10H2,1H3,(H2,17,20). The second-order valence-corrected chi connectivity index (χ2v) is 6.40. The van der Waals surface area contributed by atoms with Gasteiger partial charge in [-0.1, -0.05) is 30.3 Å². The first-order valence-electron chi connectivity index (χ1n) is 6.37. The van der Waals surface area contributed by atoms with E-state index in [1.807, 2.05) is 42.5 Å². The van der Waals surface area contributed by atoms with Crippen molar-refractivity contribution in [1.82, 2.24) is 10.3 Å². The van der Waals surface area contributed by atoms with Gasteiger partial charge in [-0.2, -0.15) is 0 Å². The summed E-state index contributed by atoms with van der Waals surface area (Å²) in [5.74, 6) is 0.0677. The Labute approximate surface area is 136 Å². The predicted molar refractivity (Wildman–Crippen MR) is 89.0 cm³/mol. The number of hydrogen-bond donors (Lipinski definition) is 2. The van der Waals surface area contributed by atoms with Crippen molar-refractivity contribution in [2.45, 2.75) is 10.6 Å². The van der Waals surface area contributed by atoms with Crippen molar-refractivity contribution >= 4 is 33.6 Å². The molecule has 21 heavy (non-hydrogen) atoms. The number of hydrogen-bond acceptors (Lipinski definition) is 4. The van der Waals surface area contributed by atoms with Crippen LogP contribution in [0.5, 0.6) is 0 Å². The van der Waals surface area contributed by atoms with Crippen molar-refractivity contribution < 1.29 is 4.79 Å². The highest BCUT2D eigenvalue weighted by molar-refractivity contribution is 9.10. The number of carbonyl (C=O) groups excluding carboxylic acids is 1. The summed E-state index contributed by atoms with van der Waals surface area (Å²) in [6.45, 7) is 0. The Hall–Kier alpha value is -1.37. The Morgan fingerprint density at radius 1 is 1.33 bits per heavy atom. The Bertz CT molecular complexity index is 606. The molecule has 4 nitrogen and oxygen atoms in total. The summed E-state index contributed by atoms with van der Waals surface area (Å²) in [7, 11) is 1.74. The number of primary amides is 1. The number of carbonyl (C=O) groups is 1. The smallest absolute Gasteiger partial charge is 0.243 e. The van der Waals surface area contributed by atoms with Crippen LogP contribution in [0.3, 0.4) is 0 Å². The van der Waals surface area contributed by atoms with Crippen molar-refractivity contribution in [2.24, 2.45) is 5.73 Å². The van der Waals surface area contributed by atoms with Gasteiger partial charge < -0.3 is 11.1 Å². The van der Waals surface area contributed by atoms with Gasteiger partial charge in [-0.3, -0.25) is 4.79 Å². The van der Waals surface area contributed by atoms with E-state index >= 15 is 0 Å². The van der Waals surface area contributed by atoms with Gasteiger partial charge in [0.05, 0.1) is 5.03 Å². The molecule has 2 rings (SSSR count). The monoisotopic (exact) mass is 365 g/mol. The summed E-state index contributed by atoms with van der Waals surface area (Å²) in [6.07, 6.45) is 1.73. The third kappa shape index (κ3) is 3.64. The summed E-state index contributed by atoms with van der Waals surface area (Å²) in [4.78, 5) is 16.4. The number of halogens is 1. The largest absolute Gasteiger partial charge is 0.368 e. The second-order valence-electron chi connectivity index (χ2n) is 4.49. The van der Waals surface area contributed by atoms with Gasteiger partial charge in [-0.15, -0.1) is 11.8 Å². The molecule has 6 heteroatoms. The molecule has 0 saturated carbocycles. The molecule has 0 bridgehead atoms. The lowest BCUT2D eigenvalue weighted by molar-refractivity contribution is -0.123. The molecule has 0 saturated heterocycles. The van der Waals surface area contributed by atoms with Gasteiger partial charge in [0.1, 0.15) is 5.54 Å². The quantitative estimate of drug-likeness (QED) is 0.771. The number of pyridine rings is 1. The maximum atomic E-state index is 12.0. The third-order valence-electron chi connectivity index (χ3n) is 3.25. The highest BCUT2D eigenvalue weighted by Crippen LogP contribution is 2.29. The minimum absolute atomic E-state index is 0.402. The first-order chi connectivity index (χ1) is 10.1. The van der Waals surface area contributed by atoms with Crippen LogP contribution >= 0.6 is 27.7 Å². The number of likely N-dealkylation sites (N-methyl/N-ethyl adjacent to an activating group) is 1. The molecule has 0 radical (unpaired) electrons. The van der Waals surface area contributed by atoms with Gasteiger partial charge in [-0.25, -0.2) is 4.98 Å². The Kier molecular flexibility index (Phi) is 5.39. The normalized spacial score (nSPS) is 13.6. The number of nitrogens with zero attached hydrogens (tertiary/aromatic N) is 1. The van der Waals surface area contributed by atoms with E-state index in [0.29, 0.717) is 5.75 Å². The zero-order chi connectivity index (χ0) is 15.3. The van der Waals surface area contributed by atoms with E-state index in [4.69, 9.17) is 5.73 Å². The van der Waals surface area contributed by atoms with E-state index in [1.54, 1.807) is 13.2 Å². The van der Waals surface area contributed by atoms with Crippen LogP contribution in [-0.4, -0.2) is 23.7 Å². The Morgan fingerprint density at radius 2 is 2.05 bits per heavy atom. The lowest BCUT2D eigenvalue weighted by atomic mass is 9.91. The van der Waals surface area contributed by atoms with Gasteiger partial charge in [0.2, 0.25) is 5.91 Å². The second kappa shape index (κ2) is 7.06. The SMILES string of the molecule is CNC(CSc1ccc(Br)cn1)(C(N)=O)c1ccccc1. The molecule has 1 unspecified atom stereocenters. The molecule has 0 aliphatic rings. The van der Waals surface area contributed by atoms with Crippen LogP contribution < -0.4 is 11.1 Å². The zero-order valence-corrected chi connectivity index (χ0v) is 13.9. The molecule has 1 heterocycles. The molecule has 0 aliphatic heterocycles. The molecule has 110 valence electrons. The van der Waals surface area contributed by atoms with Crippen molar-refractivity contribution in [3.8, 4) is 0 Å². The molecule has 0 aliphatic carbocycles. The average Bonchev–Trinajstić information content (AvgIpc) is 2.51. The summed E-state index contributed by atoms with van der Waals surface area (Å²) in [5.41, 5.74) is 5.60. The first-order valence-corrected chi connectivity index (χ1v) is 8.15.